The number of amides is 2. The SMILES string of the molecule is NC(=O)C1CCCN(CCCCC(=O)NO)C1. The van der Waals surface area contributed by atoms with E-state index in [1.165, 1.54) is 0 Å². The van der Waals surface area contributed by atoms with Crippen LogP contribution < -0.4 is 11.2 Å². The van der Waals surface area contributed by atoms with Gasteiger partial charge < -0.3 is 10.6 Å². The Hall–Kier alpha value is -1.14. The van der Waals surface area contributed by atoms with Crippen LogP contribution in [-0.2, 0) is 9.59 Å². The Kier molecular flexibility index (Phi) is 5.93. The first-order valence-corrected chi connectivity index (χ1v) is 6.08. The van der Waals surface area contributed by atoms with E-state index in [0.29, 0.717) is 6.42 Å². The van der Waals surface area contributed by atoms with Crippen LogP contribution in [0.1, 0.15) is 32.1 Å². The van der Waals surface area contributed by atoms with Gasteiger partial charge in [0, 0.05) is 13.0 Å². The second-order valence-electron chi connectivity index (χ2n) is 4.53. The molecule has 1 aliphatic heterocycles. The molecule has 6 nitrogen and oxygen atoms in total. The van der Waals surface area contributed by atoms with Crippen LogP contribution in [0.15, 0.2) is 0 Å². The molecule has 0 radical (unpaired) electrons. The third-order valence-electron chi connectivity index (χ3n) is 3.16. The minimum atomic E-state index is -0.348. The lowest BCUT2D eigenvalue weighted by Crippen LogP contribution is -2.41. The first-order valence-electron chi connectivity index (χ1n) is 6.08. The maximum absolute atomic E-state index is 11.1. The van der Waals surface area contributed by atoms with Crippen molar-refractivity contribution in [2.24, 2.45) is 11.7 Å². The summed E-state index contributed by atoms with van der Waals surface area (Å²) < 4.78 is 0. The average molecular weight is 243 g/mol. The third-order valence-corrected chi connectivity index (χ3v) is 3.16. The van der Waals surface area contributed by atoms with Gasteiger partial charge in [-0.25, -0.2) is 5.48 Å². The number of hydrogen-bond donors (Lipinski definition) is 3. The molecule has 0 aromatic carbocycles. The summed E-state index contributed by atoms with van der Waals surface area (Å²) in [6, 6.07) is 0. The number of rotatable bonds is 6. The van der Waals surface area contributed by atoms with Crippen molar-refractivity contribution in [2.45, 2.75) is 32.1 Å². The highest BCUT2D eigenvalue weighted by Gasteiger charge is 2.23. The molecule has 1 fully saturated rings. The minimum Gasteiger partial charge on any atom is -0.369 e. The molecule has 1 saturated heterocycles. The normalized spacial score (nSPS) is 21.1. The van der Waals surface area contributed by atoms with Gasteiger partial charge in [0.2, 0.25) is 11.8 Å². The Morgan fingerprint density at radius 3 is 2.82 bits per heavy atom. The fraction of sp³-hybridized carbons (Fsp3) is 0.818. The van der Waals surface area contributed by atoms with Gasteiger partial charge in [-0.2, -0.15) is 0 Å². The van der Waals surface area contributed by atoms with Gasteiger partial charge in [0.15, 0.2) is 0 Å². The Morgan fingerprint density at radius 1 is 1.41 bits per heavy atom. The summed E-state index contributed by atoms with van der Waals surface area (Å²) in [5.41, 5.74) is 6.91. The lowest BCUT2D eigenvalue weighted by atomic mass is 9.97. The molecule has 0 aromatic heterocycles. The number of hydroxylamine groups is 1. The Bertz CT molecular complexity index is 271. The highest BCUT2D eigenvalue weighted by Crippen LogP contribution is 2.16. The van der Waals surface area contributed by atoms with Crippen LogP contribution in [-0.4, -0.2) is 41.6 Å². The zero-order valence-corrected chi connectivity index (χ0v) is 10.0. The fourth-order valence-electron chi connectivity index (χ4n) is 2.17. The molecule has 2 amide bonds. The summed E-state index contributed by atoms with van der Waals surface area (Å²) >= 11 is 0. The topological polar surface area (TPSA) is 95.7 Å². The molecule has 1 unspecified atom stereocenters. The van der Waals surface area contributed by atoms with Gasteiger partial charge in [-0.1, -0.05) is 0 Å². The quantitative estimate of drug-likeness (QED) is 0.344. The molecule has 1 atom stereocenters. The molecule has 17 heavy (non-hydrogen) atoms. The van der Waals surface area contributed by atoms with Crippen molar-refractivity contribution in [3.8, 4) is 0 Å². The first kappa shape index (κ1) is 13.9. The number of likely N-dealkylation sites (tertiary alicyclic amines) is 1. The van der Waals surface area contributed by atoms with Crippen molar-refractivity contribution >= 4 is 11.8 Å². The van der Waals surface area contributed by atoms with Crippen LogP contribution in [0.25, 0.3) is 0 Å². The summed E-state index contributed by atoms with van der Waals surface area (Å²) in [7, 11) is 0. The number of nitrogens with zero attached hydrogens (tertiary/aromatic N) is 1. The summed E-state index contributed by atoms with van der Waals surface area (Å²) in [6.45, 7) is 2.61. The molecule has 0 bridgehead atoms. The van der Waals surface area contributed by atoms with E-state index in [-0.39, 0.29) is 17.7 Å². The number of carbonyl (C=O) groups is 2. The van der Waals surface area contributed by atoms with E-state index < -0.39 is 0 Å². The van der Waals surface area contributed by atoms with Gasteiger partial charge in [-0.15, -0.1) is 0 Å². The Labute approximate surface area is 101 Å². The molecule has 0 saturated carbocycles. The van der Waals surface area contributed by atoms with Crippen LogP contribution >= 0.6 is 0 Å². The zero-order chi connectivity index (χ0) is 12.7. The van der Waals surface area contributed by atoms with E-state index >= 15 is 0 Å². The summed E-state index contributed by atoms with van der Waals surface area (Å²) in [6.07, 6.45) is 3.86. The number of carbonyl (C=O) groups excluding carboxylic acids is 2. The molecule has 1 aliphatic rings. The van der Waals surface area contributed by atoms with Crippen molar-refractivity contribution in [3.63, 3.8) is 0 Å². The van der Waals surface area contributed by atoms with E-state index in [0.717, 1.165) is 45.3 Å². The fourth-order valence-corrected chi connectivity index (χ4v) is 2.17. The Balaban J connectivity index is 2.14. The number of primary amides is 1. The zero-order valence-electron chi connectivity index (χ0n) is 10.0. The van der Waals surface area contributed by atoms with Crippen molar-refractivity contribution < 1.29 is 14.8 Å². The average Bonchev–Trinajstić information content (AvgIpc) is 2.34. The molecule has 98 valence electrons. The van der Waals surface area contributed by atoms with Crippen LogP contribution in [0.3, 0.4) is 0 Å². The monoisotopic (exact) mass is 243 g/mol. The number of nitrogens with two attached hydrogens (primary N) is 1. The van der Waals surface area contributed by atoms with Gasteiger partial charge >= 0.3 is 0 Å². The predicted molar refractivity (Wildman–Crippen MR) is 62.1 cm³/mol. The van der Waals surface area contributed by atoms with E-state index in [1.807, 2.05) is 0 Å². The van der Waals surface area contributed by atoms with Gasteiger partial charge in [0.05, 0.1) is 5.92 Å². The van der Waals surface area contributed by atoms with Crippen molar-refractivity contribution in [1.29, 1.82) is 0 Å². The largest absolute Gasteiger partial charge is 0.369 e. The molecule has 4 N–H and O–H groups in total. The van der Waals surface area contributed by atoms with Crippen LogP contribution in [0.5, 0.6) is 0 Å². The van der Waals surface area contributed by atoms with Gasteiger partial charge in [-0.3, -0.25) is 14.8 Å². The second-order valence-corrected chi connectivity index (χ2v) is 4.53. The van der Waals surface area contributed by atoms with Gasteiger partial charge in [0.1, 0.15) is 0 Å². The summed E-state index contributed by atoms with van der Waals surface area (Å²) in [4.78, 5) is 24.1. The molecule has 0 aliphatic carbocycles. The maximum atomic E-state index is 11.1. The number of hydrogen-bond acceptors (Lipinski definition) is 4. The molecular weight excluding hydrogens is 222 g/mol. The van der Waals surface area contributed by atoms with Crippen LogP contribution in [0.2, 0.25) is 0 Å². The van der Waals surface area contributed by atoms with E-state index in [2.05, 4.69) is 4.90 Å². The molecule has 1 rings (SSSR count). The molecule has 1 heterocycles. The first-order chi connectivity index (χ1) is 8.13. The number of nitrogens with one attached hydrogen (secondary N) is 1. The smallest absolute Gasteiger partial charge is 0.243 e. The van der Waals surface area contributed by atoms with Crippen molar-refractivity contribution in [3.05, 3.63) is 0 Å². The summed E-state index contributed by atoms with van der Waals surface area (Å²) in [5, 5.41) is 8.32. The highest BCUT2D eigenvalue weighted by atomic mass is 16.5. The molecule has 0 aromatic rings. The number of unbranched alkanes of at least 4 members (excludes halogenated alkanes) is 1. The maximum Gasteiger partial charge on any atom is 0.243 e. The van der Waals surface area contributed by atoms with Crippen LogP contribution in [0.4, 0.5) is 0 Å². The van der Waals surface area contributed by atoms with Crippen molar-refractivity contribution in [1.82, 2.24) is 10.4 Å². The van der Waals surface area contributed by atoms with Gasteiger partial charge in [-0.05, 0) is 38.8 Å². The number of piperidine rings is 1. The lowest BCUT2D eigenvalue weighted by molar-refractivity contribution is -0.129. The van der Waals surface area contributed by atoms with E-state index in [1.54, 1.807) is 5.48 Å². The third kappa shape index (κ3) is 5.14. The van der Waals surface area contributed by atoms with E-state index in [4.69, 9.17) is 10.9 Å². The summed E-state index contributed by atoms with van der Waals surface area (Å²) in [5.74, 6) is -0.586. The highest BCUT2D eigenvalue weighted by molar-refractivity contribution is 5.77. The lowest BCUT2D eigenvalue weighted by Gasteiger charge is -2.31. The standard InChI is InChI=1S/C11H21N3O3/c12-11(16)9-4-3-7-14(8-9)6-2-1-5-10(15)13-17/h9,17H,1-8H2,(H2,12,16)(H,13,15). The molecule has 0 spiro atoms. The Morgan fingerprint density at radius 2 is 2.18 bits per heavy atom. The van der Waals surface area contributed by atoms with Gasteiger partial charge in [0.25, 0.3) is 0 Å². The minimum absolute atomic E-state index is 0.0236. The second kappa shape index (κ2) is 7.24. The molecule has 6 heteroatoms. The van der Waals surface area contributed by atoms with Crippen LogP contribution in [0, 0.1) is 5.92 Å². The van der Waals surface area contributed by atoms with E-state index in [9.17, 15) is 9.59 Å². The predicted octanol–water partition coefficient (Wildman–Crippen LogP) is -0.141. The van der Waals surface area contributed by atoms with Crippen molar-refractivity contribution in [2.75, 3.05) is 19.6 Å². The molecular formula is C11H21N3O3.